The van der Waals surface area contributed by atoms with E-state index in [-0.39, 0.29) is 5.91 Å². The molecule has 3 aromatic rings. The van der Waals surface area contributed by atoms with Gasteiger partial charge in [-0.1, -0.05) is 35.5 Å². The molecule has 0 bridgehead atoms. The Morgan fingerprint density at radius 1 is 1.25 bits per heavy atom. The normalized spacial score (nSPS) is 13.7. The molecular formula is C21H24N4O2S. The zero-order valence-corrected chi connectivity index (χ0v) is 17.2. The summed E-state index contributed by atoms with van der Waals surface area (Å²) < 4.78 is 7.61. The SMILES string of the molecule is Cc1cccc(-c2nnc(SCC(=O)N(Cc3ccc(C)o3)C3CC3)n2C)c1. The van der Waals surface area contributed by atoms with Crippen molar-refractivity contribution in [2.75, 3.05) is 5.75 Å². The van der Waals surface area contributed by atoms with Gasteiger partial charge in [0.05, 0.1) is 12.3 Å². The van der Waals surface area contributed by atoms with Gasteiger partial charge in [-0.2, -0.15) is 0 Å². The third-order valence-electron chi connectivity index (χ3n) is 4.87. The molecule has 0 aliphatic heterocycles. The van der Waals surface area contributed by atoms with Crippen LogP contribution in [-0.4, -0.2) is 37.4 Å². The van der Waals surface area contributed by atoms with Crippen molar-refractivity contribution in [2.24, 2.45) is 7.05 Å². The number of rotatable bonds is 7. The fourth-order valence-electron chi connectivity index (χ4n) is 3.23. The molecule has 28 heavy (non-hydrogen) atoms. The van der Waals surface area contributed by atoms with Crippen molar-refractivity contribution in [2.45, 2.75) is 44.4 Å². The van der Waals surface area contributed by atoms with E-state index in [1.165, 1.54) is 17.3 Å². The summed E-state index contributed by atoms with van der Waals surface area (Å²) in [6.45, 7) is 4.51. The summed E-state index contributed by atoms with van der Waals surface area (Å²) in [5.41, 5.74) is 2.21. The zero-order chi connectivity index (χ0) is 19.7. The Hall–Kier alpha value is -2.54. The van der Waals surface area contributed by atoms with Gasteiger partial charge in [0.2, 0.25) is 5.91 Å². The first-order chi connectivity index (χ1) is 13.5. The van der Waals surface area contributed by atoms with Crippen molar-refractivity contribution >= 4 is 17.7 Å². The topological polar surface area (TPSA) is 64.2 Å². The van der Waals surface area contributed by atoms with Gasteiger partial charge in [0.25, 0.3) is 0 Å². The molecule has 1 aliphatic carbocycles. The number of aryl methyl sites for hydroxylation is 2. The Morgan fingerprint density at radius 3 is 2.75 bits per heavy atom. The number of aromatic nitrogens is 3. The van der Waals surface area contributed by atoms with Crippen LogP contribution in [0.15, 0.2) is 46.0 Å². The summed E-state index contributed by atoms with van der Waals surface area (Å²) >= 11 is 1.43. The van der Waals surface area contributed by atoms with Crippen molar-refractivity contribution in [3.8, 4) is 11.4 Å². The van der Waals surface area contributed by atoms with Crippen LogP contribution in [0.3, 0.4) is 0 Å². The fourth-order valence-corrected chi connectivity index (χ4v) is 4.03. The number of carbonyl (C=O) groups is 1. The van der Waals surface area contributed by atoms with E-state index in [1.54, 1.807) is 0 Å². The quantitative estimate of drug-likeness (QED) is 0.565. The third kappa shape index (κ3) is 4.14. The van der Waals surface area contributed by atoms with Crippen LogP contribution in [0.2, 0.25) is 0 Å². The monoisotopic (exact) mass is 396 g/mol. The van der Waals surface area contributed by atoms with Crippen LogP contribution >= 0.6 is 11.8 Å². The number of hydrogen-bond donors (Lipinski definition) is 0. The highest BCUT2D eigenvalue weighted by molar-refractivity contribution is 7.99. The van der Waals surface area contributed by atoms with Gasteiger partial charge in [-0.3, -0.25) is 4.79 Å². The first kappa shape index (κ1) is 18.8. The van der Waals surface area contributed by atoms with E-state index < -0.39 is 0 Å². The molecule has 2 heterocycles. The molecule has 1 saturated carbocycles. The molecule has 0 unspecified atom stereocenters. The van der Waals surface area contributed by atoms with Crippen LogP contribution in [0.25, 0.3) is 11.4 Å². The highest BCUT2D eigenvalue weighted by Gasteiger charge is 2.33. The number of nitrogens with zero attached hydrogens (tertiary/aromatic N) is 4. The Labute approximate surface area is 168 Å². The van der Waals surface area contributed by atoms with Gasteiger partial charge < -0.3 is 13.9 Å². The number of hydrogen-bond acceptors (Lipinski definition) is 5. The summed E-state index contributed by atoms with van der Waals surface area (Å²) in [4.78, 5) is 14.8. The largest absolute Gasteiger partial charge is 0.464 e. The van der Waals surface area contributed by atoms with Gasteiger partial charge >= 0.3 is 0 Å². The fraction of sp³-hybridized carbons (Fsp3) is 0.381. The van der Waals surface area contributed by atoms with Crippen LogP contribution in [0.1, 0.15) is 29.9 Å². The first-order valence-electron chi connectivity index (χ1n) is 9.45. The predicted molar refractivity (Wildman–Crippen MR) is 109 cm³/mol. The number of amides is 1. The molecule has 4 rings (SSSR count). The lowest BCUT2D eigenvalue weighted by molar-refractivity contribution is -0.129. The summed E-state index contributed by atoms with van der Waals surface area (Å²) in [6.07, 6.45) is 2.13. The Morgan fingerprint density at radius 2 is 2.07 bits per heavy atom. The van der Waals surface area contributed by atoms with Crippen LogP contribution in [0, 0.1) is 13.8 Å². The second kappa shape index (κ2) is 7.83. The van der Waals surface area contributed by atoms with Crippen molar-refractivity contribution in [1.82, 2.24) is 19.7 Å². The summed E-state index contributed by atoms with van der Waals surface area (Å²) in [5, 5.41) is 9.35. The average Bonchev–Trinajstić information content (AvgIpc) is 3.33. The maximum absolute atomic E-state index is 12.8. The van der Waals surface area contributed by atoms with Crippen molar-refractivity contribution < 1.29 is 9.21 Å². The molecule has 146 valence electrons. The molecule has 1 fully saturated rings. The van der Waals surface area contributed by atoms with Gasteiger partial charge in [0.1, 0.15) is 11.5 Å². The zero-order valence-electron chi connectivity index (χ0n) is 16.4. The second-order valence-corrected chi connectivity index (χ2v) is 8.23. The van der Waals surface area contributed by atoms with Crippen molar-refractivity contribution in [1.29, 1.82) is 0 Å². The molecule has 0 N–H and O–H groups in total. The number of thioether (sulfide) groups is 1. The van der Waals surface area contributed by atoms with Crippen LogP contribution in [0.4, 0.5) is 0 Å². The molecule has 0 atom stereocenters. The molecule has 7 heteroatoms. The Kier molecular flexibility index (Phi) is 5.26. The lowest BCUT2D eigenvalue weighted by Crippen LogP contribution is -2.33. The molecule has 1 aromatic carbocycles. The molecule has 1 aliphatic rings. The van der Waals surface area contributed by atoms with E-state index in [0.29, 0.717) is 18.3 Å². The highest BCUT2D eigenvalue weighted by Crippen LogP contribution is 2.30. The number of benzene rings is 1. The smallest absolute Gasteiger partial charge is 0.233 e. The van der Waals surface area contributed by atoms with Crippen molar-refractivity contribution in [3.05, 3.63) is 53.5 Å². The van der Waals surface area contributed by atoms with Crippen LogP contribution < -0.4 is 0 Å². The average molecular weight is 397 g/mol. The molecule has 0 spiro atoms. The minimum absolute atomic E-state index is 0.113. The molecule has 2 aromatic heterocycles. The van der Waals surface area contributed by atoms with E-state index >= 15 is 0 Å². The molecule has 0 radical (unpaired) electrons. The van der Waals surface area contributed by atoms with E-state index in [9.17, 15) is 4.79 Å². The van der Waals surface area contributed by atoms with Crippen LogP contribution in [-0.2, 0) is 18.4 Å². The van der Waals surface area contributed by atoms with Gasteiger partial charge in [-0.25, -0.2) is 0 Å². The van der Waals surface area contributed by atoms with Crippen molar-refractivity contribution in [3.63, 3.8) is 0 Å². The molecule has 0 saturated heterocycles. The lowest BCUT2D eigenvalue weighted by atomic mass is 10.1. The maximum atomic E-state index is 12.8. The van der Waals surface area contributed by atoms with E-state index in [4.69, 9.17) is 4.42 Å². The lowest BCUT2D eigenvalue weighted by Gasteiger charge is -2.21. The summed E-state index contributed by atoms with van der Waals surface area (Å²) in [7, 11) is 1.94. The number of carbonyl (C=O) groups excluding carboxylic acids is 1. The molecular weight excluding hydrogens is 372 g/mol. The van der Waals surface area contributed by atoms with Gasteiger partial charge in [-0.15, -0.1) is 10.2 Å². The minimum Gasteiger partial charge on any atom is -0.464 e. The first-order valence-corrected chi connectivity index (χ1v) is 10.4. The summed E-state index contributed by atoms with van der Waals surface area (Å²) in [6, 6.07) is 12.4. The van der Waals surface area contributed by atoms with E-state index in [1.807, 2.05) is 47.7 Å². The molecule has 6 nitrogen and oxygen atoms in total. The highest BCUT2D eigenvalue weighted by atomic mass is 32.2. The molecule has 1 amide bonds. The van der Waals surface area contributed by atoms with Gasteiger partial charge in [0, 0.05) is 18.7 Å². The minimum atomic E-state index is 0.113. The van der Waals surface area contributed by atoms with E-state index in [2.05, 4.69) is 29.3 Å². The van der Waals surface area contributed by atoms with E-state index in [0.717, 1.165) is 40.9 Å². The summed E-state index contributed by atoms with van der Waals surface area (Å²) in [5.74, 6) is 2.97. The third-order valence-corrected chi connectivity index (χ3v) is 5.87. The maximum Gasteiger partial charge on any atom is 0.233 e. The predicted octanol–water partition coefficient (Wildman–Crippen LogP) is 3.98. The Balaban J connectivity index is 1.42. The van der Waals surface area contributed by atoms with Crippen LogP contribution in [0.5, 0.6) is 0 Å². The number of furan rings is 1. The second-order valence-electron chi connectivity index (χ2n) is 7.29. The standard InChI is InChI=1S/C21H24N4O2S/c1-14-5-4-6-16(11-14)20-22-23-21(24(20)3)28-13-19(26)25(17-8-9-17)12-18-10-7-15(2)27-18/h4-7,10-11,17H,8-9,12-13H2,1-3H3. The Bertz CT molecular complexity index is 990. The van der Waals surface area contributed by atoms with Gasteiger partial charge in [-0.05, 0) is 44.9 Å². The van der Waals surface area contributed by atoms with Gasteiger partial charge in [0.15, 0.2) is 11.0 Å².